The van der Waals surface area contributed by atoms with Crippen LogP contribution in [0.4, 0.5) is 0 Å². The number of carbonyl (C=O) groups is 2. The van der Waals surface area contributed by atoms with Gasteiger partial charge in [-0.3, -0.25) is 9.59 Å². The van der Waals surface area contributed by atoms with Crippen LogP contribution in [0.25, 0.3) is 11.0 Å². The van der Waals surface area contributed by atoms with E-state index in [2.05, 4.69) is 0 Å². The Labute approximate surface area is 127 Å². The minimum atomic E-state index is -0.998. The Balaban J connectivity index is 2.44. The fraction of sp³-hybridized carbons (Fsp3) is 0.312. The summed E-state index contributed by atoms with van der Waals surface area (Å²) in [7, 11) is 1.47. The molecule has 0 fully saturated rings. The molecule has 116 valence electrons. The first-order valence-corrected chi connectivity index (χ1v) is 6.83. The Morgan fingerprint density at radius 3 is 2.59 bits per heavy atom. The summed E-state index contributed by atoms with van der Waals surface area (Å²) in [6, 6.07) is 6.96. The Bertz CT molecular complexity index is 793. The number of carbonyl (C=O) groups excluding carboxylic acids is 1. The number of benzene rings is 1. The van der Waals surface area contributed by atoms with Crippen LogP contribution >= 0.6 is 0 Å². The number of aryl methyl sites for hydroxylation is 1. The Kier molecular flexibility index (Phi) is 4.30. The van der Waals surface area contributed by atoms with Gasteiger partial charge in [-0.25, -0.2) is 4.79 Å². The zero-order valence-corrected chi connectivity index (χ0v) is 12.6. The molecule has 0 saturated carbocycles. The summed E-state index contributed by atoms with van der Waals surface area (Å²) in [6.07, 6.45) is 0. The molecule has 1 heterocycles. The van der Waals surface area contributed by atoms with Gasteiger partial charge in [0.15, 0.2) is 0 Å². The minimum Gasteiger partial charge on any atom is -0.481 e. The van der Waals surface area contributed by atoms with Crippen LogP contribution in [0.3, 0.4) is 0 Å². The number of carboxylic acids is 1. The van der Waals surface area contributed by atoms with Crippen molar-refractivity contribution >= 4 is 22.8 Å². The zero-order valence-electron chi connectivity index (χ0n) is 12.6. The molecule has 0 saturated heterocycles. The van der Waals surface area contributed by atoms with Crippen molar-refractivity contribution in [2.24, 2.45) is 5.92 Å². The van der Waals surface area contributed by atoms with Crippen molar-refractivity contribution in [2.45, 2.75) is 13.8 Å². The Morgan fingerprint density at radius 2 is 1.95 bits per heavy atom. The average molecular weight is 303 g/mol. The van der Waals surface area contributed by atoms with E-state index in [1.54, 1.807) is 31.2 Å². The third kappa shape index (κ3) is 2.86. The van der Waals surface area contributed by atoms with Gasteiger partial charge in [0.1, 0.15) is 11.1 Å². The summed E-state index contributed by atoms with van der Waals surface area (Å²) in [4.78, 5) is 36.7. The molecule has 1 aromatic heterocycles. The molecule has 2 aromatic rings. The van der Waals surface area contributed by atoms with Crippen LogP contribution in [-0.2, 0) is 4.79 Å². The van der Waals surface area contributed by atoms with Crippen LogP contribution < -0.4 is 5.63 Å². The standard InChI is InChI=1S/C16H17NO5/c1-9(15(19)20)8-17(3)14(18)13-10(2)11-6-4-5-7-12(11)22-16(13)21/h4-7,9H,8H2,1-3H3,(H,19,20). The van der Waals surface area contributed by atoms with E-state index in [-0.39, 0.29) is 12.1 Å². The quantitative estimate of drug-likeness (QED) is 0.871. The molecule has 1 aromatic carbocycles. The number of para-hydroxylation sites is 1. The van der Waals surface area contributed by atoms with Crippen LogP contribution in [-0.4, -0.2) is 35.5 Å². The van der Waals surface area contributed by atoms with E-state index in [1.807, 2.05) is 0 Å². The lowest BCUT2D eigenvalue weighted by Crippen LogP contribution is -2.36. The van der Waals surface area contributed by atoms with E-state index in [1.165, 1.54) is 18.9 Å². The molecule has 0 radical (unpaired) electrons. The second-order valence-corrected chi connectivity index (χ2v) is 5.31. The van der Waals surface area contributed by atoms with E-state index >= 15 is 0 Å². The first-order chi connectivity index (χ1) is 10.3. The average Bonchev–Trinajstić information content (AvgIpc) is 2.46. The maximum Gasteiger partial charge on any atom is 0.349 e. The topological polar surface area (TPSA) is 87.8 Å². The van der Waals surface area contributed by atoms with Crippen molar-refractivity contribution in [1.82, 2.24) is 4.90 Å². The molecular weight excluding hydrogens is 286 g/mol. The number of hydrogen-bond donors (Lipinski definition) is 1. The van der Waals surface area contributed by atoms with Gasteiger partial charge in [-0.15, -0.1) is 0 Å². The Morgan fingerprint density at radius 1 is 1.32 bits per heavy atom. The highest BCUT2D eigenvalue weighted by Crippen LogP contribution is 2.19. The maximum absolute atomic E-state index is 12.5. The van der Waals surface area contributed by atoms with Gasteiger partial charge in [-0.05, 0) is 18.6 Å². The number of nitrogens with zero attached hydrogens (tertiary/aromatic N) is 1. The van der Waals surface area contributed by atoms with Crippen molar-refractivity contribution in [1.29, 1.82) is 0 Å². The number of hydrogen-bond acceptors (Lipinski definition) is 4. The summed E-state index contributed by atoms with van der Waals surface area (Å²) in [5.74, 6) is -2.26. The highest BCUT2D eigenvalue weighted by atomic mass is 16.4. The normalized spacial score (nSPS) is 12.1. The van der Waals surface area contributed by atoms with Crippen molar-refractivity contribution in [2.75, 3.05) is 13.6 Å². The van der Waals surface area contributed by atoms with E-state index in [9.17, 15) is 14.4 Å². The molecule has 0 bridgehead atoms. The molecule has 6 heteroatoms. The van der Waals surface area contributed by atoms with Crippen molar-refractivity contribution in [3.63, 3.8) is 0 Å². The van der Waals surface area contributed by atoms with E-state index in [0.29, 0.717) is 16.5 Å². The molecule has 0 aliphatic heterocycles. The van der Waals surface area contributed by atoms with Gasteiger partial charge in [0.25, 0.3) is 5.91 Å². The van der Waals surface area contributed by atoms with Crippen LogP contribution in [0.2, 0.25) is 0 Å². The molecule has 6 nitrogen and oxygen atoms in total. The first kappa shape index (κ1) is 15.8. The summed E-state index contributed by atoms with van der Waals surface area (Å²) in [5, 5.41) is 9.60. The lowest BCUT2D eigenvalue weighted by Gasteiger charge is -2.20. The van der Waals surface area contributed by atoms with Gasteiger partial charge in [0.05, 0.1) is 5.92 Å². The molecule has 2 rings (SSSR count). The fourth-order valence-corrected chi connectivity index (χ4v) is 2.31. The highest BCUT2D eigenvalue weighted by Gasteiger charge is 2.24. The smallest absolute Gasteiger partial charge is 0.349 e. The molecule has 1 atom stereocenters. The largest absolute Gasteiger partial charge is 0.481 e. The van der Waals surface area contributed by atoms with Crippen molar-refractivity contribution in [3.8, 4) is 0 Å². The van der Waals surface area contributed by atoms with E-state index in [4.69, 9.17) is 9.52 Å². The summed E-state index contributed by atoms with van der Waals surface area (Å²) in [6.45, 7) is 3.20. The number of carboxylic acid groups (broad SMARTS) is 1. The maximum atomic E-state index is 12.5. The van der Waals surface area contributed by atoms with Gasteiger partial charge < -0.3 is 14.4 Å². The lowest BCUT2D eigenvalue weighted by molar-refractivity contribution is -0.141. The highest BCUT2D eigenvalue weighted by molar-refractivity contribution is 5.99. The minimum absolute atomic E-state index is 0.0138. The number of amides is 1. The molecule has 0 aliphatic carbocycles. The van der Waals surface area contributed by atoms with Gasteiger partial charge in [-0.2, -0.15) is 0 Å². The third-order valence-electron chi connectivity index (χ3n) is 3.60. The first-order valence-electron chi connectivity index (χ1n) is 6.83. The van der Waals surface area contributed by atoms with Crippen LogP contribution in [0.5, 0.6) is 0 Å². The van der Waals surface area contributed by atoms with Crippen molar-refractivity contribution < 1.29 is 19.1 Å². The zero-order chi connectivity index (χ0) is 16.4. The van der Waals surface area contributed by atoms with Gasteiger partial charge in [-0.1, -0.05) is 25.1 Å². The van der Waals surface area contributed by atoms with E-state index < -0.39 is 23.4 Å². The fourth-order valence-electron chi connectivity index (χ4n) is 2.31. The summed E-state index contributed by atoms with van der Waals surface area (Å²) >= 11 is 0. The SMILES string of the molecule is Cc1c(C(=O)N(C)CC(C)C(=O)O)c(=O)oc2ccccc12. The Hall–Kier alpha value is -2.63. The van der Waals surface area contributed by atoms with Crippen LogP contribution in [0.15, 0.2) is 33.5 Å². The van der Waals surface area contributed by atoms with Crippen LogP contribution in [0, 0.1) is 12.8 Å². The third-order valence-corrected chi connectivity index (χ3v) is 3.60. The lowest BCUT2D eigenvalue weighted by atomic mass is 10.0. The monoisotopic (exact) mass is 303 g/mol. The second kappa shape index (κ2) is 6.01. The predicted molar refractivity (Wildman–Crippen MR) is 81.0 cm³/mol. The van der Waals surface area contributed by atoms with Gasteiger partial charge in [0.2, 0.25) is 0 Å². The number of fused-ring (bicyclic) bond motifs is 1. The van der Waals surface area contributed by atoms with Crippen molar-refractivity contribution in [3.05, 3.63) is 45.8 Å². The molecule has 1 N–H and O–H groups in total. The van der Waals surface area contributed by atoms with Crippen LogP contribution in [0.1, 0.15) is 22.8 Å². The van der Waals surface area contributed by atoms with E-state index in [0.717, 1.165) is 0 Å². The second-order valence-electron chi connectivity index (χ2n) is 5.31. The number of aliphatic carboxylic acids is 1. The number of rotatable bonds is 4. The van der Waals surface area contributed by atoms with Gasteiger partial charge >= 0.3 is 11.6 Å². The summed E-state index contributed by atoms with van der Waals surface area (Å²) in [5.41, 5.74) is 0.185. The summed E-state index contributed by atoms with van der Waals surface area (Å²) < 4.78 is 5.18. The molecule has 0 aliphatic rings. The van der Waals surface area contributed by atoms with Gasteiger partial charge in [0, 0.05) is 19.0 Å². The molecule has 1 amide bonds. The molecule has 22 heavy (non-hydrogen) atoms. The predicted octanol–water partition coefficient (Wildman–Crippen LogP) is 1.89. The molecule has 1 unspecified atom stereocenters. The molecule has 0 spiro atoms. The molecular formula is C16H17NO5.